The maximum atomic E-state index is 14.1. The Hall–Kier alpha value is -2.54. The lowest BCUT2D eigenvalue weighted by Crippen LogP contribution is -2.28. The van der Waals surface area contributed by atoms with E-state index in [1.54, 1.807) is 30.3 Å². The van der Waals surface area contributed by atoms with E-state index in [1.165, 1.54) is 16.8 Å². The van der Waals surface area contributed by atoms with Crippen LogP contribution in [0, 0.1) is 5.82 Å². The Morgan fingerprint density at radius 3 is 2.63 bits per heavy atom. The number of aryl methyl sites for hydroxylation is 1. The zero-order valence-corrected chi connectivity index (χ0v) is 16.4. The fourth-order valence-corrected chi connectivity index (χ4v) is 3.17. The van der Waals surface area contributed by atoms with Crippen LogP contribution in [0.15, 0.2) is 51.7 Å². The van der Waals surface area contributed by atoms with Crippen LogP contribution in [0.4, 0.5) is 10.1 Å². The summed E-state index contributed by atoms with van der Waals surface area (Å²) < 4.78 is 16.0. The van der Waals surface area contributed by atoms with Gasteiger partial charge in [0.25, 0.3) is 11.5 Å². The van der Waals surface area contributed by atoms with Crippen LogP contribution in [0.25, 0.3) is 10.8 Å². The van der Waals surface area contributed by atoms with Crippen LogP contribution in [0.3, 0.4) is 0 Å². The second kappa shape index (κ2) is 8.43. The van der Waals surface area contributed by atoms with Gasteiger partial charge in [-0.2, -0.15) is 5.10 Å². The van der Waals surface area contributed by atoms with Crippen LogP contribution in [0.1, 0.15) is 36.7 Å². The molecule has 2 aromatic carbocycles. The van der Waals surface area contributed by atoms with Crippen LogP contribution < -0.4 is 10.9 Å². The molecule has 0 saturated heterocycles. The molecule has 1 amide bonds. The first kappa shape index (κ1) is 19.2. The smallest absolute Gasteiger partial charge is 0.276 e. The minimum Gasteiger partial charge on any atom is -0.318 e. The highest BCUT2D eigenvalue weighted by Gasteiger charge is 2.18. The number of carbonyl (C=O) groups excluding carboxylic acids is 1. The number of amides is 1. The lowest BCUT2D eigenvalue weighted by atomic mass is 10.1. The van der Waals surface area contributed by atoms with Crippen molar-refractivity contribution in [2.24, 2.45) is 0 Å². The Balaban J connectivity index is 2.02. The quantitative estimate of drug-likeness (QED) is 0.573. The van der Waals surface area contributed by atoms with Crippen molar-refractivity contribution in [1.82, 2.24) is 9.78 Å². The van der Waals surface area contributed by atoms with Crippen LogP contribution >= 0.6 is 15.9 Å². The lowest BCUT2D eigenvalue weighted by Gasteiger charge is -2.12. The number of carbonyl (C=O) groups is 1. The largest absolute Gasteiger partial charge is 0.318 e. The Morgan fingerprint density at radius 2 is 1.93 bits per heavy atom. The van der Waals surface area contributed by atoms with Gasteiger partial charge in [0.1, 0.15) is 5.82 Å². The fraction of sp³-hybridized carbons (Fsp3) is 0.250. The average molecular weight is 432 g/mol. The van der Waals surface area contributed by atoms with E-state index in [9.17, 15) is 14.0 Å². The van der Waals surface area contributed by atoms with E-state index in [0.717, 1.165) is 19.3 Å². The standard InChI is InChI=1S/C20H19BrFN3O2/c1-2-3-6-11-25-20(27)15-8-5-4-7-14(15)18(24-25)19(26)23-17-10-9-13(21)12-16(17)22/h4-5,7-10,12H,2-3,6,11H2,1H3,(H,23,26). The van der Waals surface area contributed by atoms with E-state index in [-0.39, 0.29) is 16.9 Å². The molecule has 0 aliphatic rings. The zero-order valence-electron chi connectivity index (χ0n) is 14.8. The van der Waals surface area contributed by atoms with Gasteiger partial charge in [-0.3, -0.25) is 9.59 Å². The van der Waals surface area contributed by atoms with Gasteiger partial charge in [-0.15, -0.1) is 0 Å². The summed E-state index contributed by atoms with van der Waals surface area (Å²) >= 11 is 3.18. The van der Waals surface area contributed by atoms with Crippen molar-refractivity contribution < 1.29 is 9.18 Å². The second-order valence-electron chi connectivity index (χ2n) is 6.21. The first-order valence-corrected chi connectivity index (χ1v) is 9.57. The number of aromatic nitrogens is 2. The highest BCUT2D eigenvalue weighted by atomic mass is 79.9. The van der Waals surface area contributed by atoms with Crippen LogP contribution in [-0.2, 0) is 6.54 Å². The van der Waals surface area contributed by atoms with Crippen LogP contribution in [0.2, 0.25) is 0 Å². The van der Waals surface area contributed by atoms with Crippen molar-refractivity contribution >= 4 is 38.3 Å². The summed E-state index contributed by atoms with van der Waals surface area (Å²) in [4.78, 5) is 25.4. The number of rotatable bonds is 6. The SMILES string of the molecule is CCCCCn1nc(C(=O)Nc2ccc(Br)cc2F)c2ccccc2c1=O. The average Bonchev–Trinajstić information content (AvgIpc) is 2.66. The summed E-state index contributed by atoms with van der Waals surface area (Å²) in [6.45, 7) is 2.51. The maximum absolute atomic E-state index is 14.1. The molecule has 140 valence electrons. The molecule has 7 heteroatoms. The highest BCUT2D eigenvalue weighted by molar-refractivity contribution is 9.10. The van der Waals surface area contributed by atoms with E-state index >= 15 is 0 Å². The summed E-state index contributed by atoms with van der Waals surface area (Å²) in [5.41, 5.74) is -0.0742. The molecule has 0 aliphatic heterocycles. The Labute approximate surface area is 164 Å². The Kier molecular flexibility index (Phi) is 6.01. The predicted octanol–water partition coefficient (Wildman–Crippen LogP) is 4.74. The Morgan fingerprint density at radius 1 is 1.19 bits per heavy atom. The topological polar surface area (TPSA) is 64.0 Å². The lowest BCUT2D eigenvalue weighted by molar-refractivity contribution is 0.102. The number of halogens is 2. The number of benzene rings is 2. The van der Waals surface area contributed by atoms with Crippen LogP contribution in [-0.4, -0.2) is 15.7 Å². The van der Waals surface area contributed by atoms with E-state index in [1.807, 2.05) is 0 Å². The first-order chi connectivity index (χ1) is 13.0. The van der Waals surface area contributed by atoms with Crippen molar-refractivity contribution in [3.8, 4) is 0 Å². The van der Waals surface area contributed by atoms with Crippen molar-refractivity contribution in [3.63, 3.8) is 0 Å². The number of nitrogens with one attached hydrogen (secondary N) is 1. The minimum atomic E-state index is -0.559. The van der Waals surface area contributed by atoms with Gasteiger partial charge in [0.05, 0.1) is 11.1 Å². The number of unbranched alkanes of at least 4 members (excludes halogenated alkanes) is 2. The van der Waals surface area contributed by atoms with Gasteiger partial charge >= 0.3 is 0 Å². The summed E-state index contributed by atoms with van der Waals surface area (Å²) in [5, 5.41) is 7.69. The van der Waals surface area contributed by atoms with Gasteiger partial charge in [-0.05, 0) is 30.7 Å². The Bertz CT molecular complexity index is 1050. The number of hydrogen-bond donors (Lipinski definition) is 1. The highest BCUT2D eigenvalue weighted by Crippen LogP contribution is 2.21. The molecular weight excluding hydrogens is 413 g/mol. The van der Waals surface area contributed by atoms with Crippen molar-refractivity contribution in [2.45, 2.75) is 32.7 Å². The second-order valence-corrected chi connectivity index (χ2v) is 7.12. The van der Waals surface area contributed by atoms with E-state index < -0.39 is 11.7 Å². The monoisotopic (exact) mass is 431 g/mol. The third kappa shape index (κ3) is 4.24. The molecule has 1 N–H and O–H groups in total. The molecule has 0 spiro atoms. The van der Waals surface area contributed by atoms with Gasteiger partial charge in [0.2, 0.25) is 0 Å². The van der Waals surface area contributed by atoms with E-state index in [4.69, 9.17) is 0 Å². The van der Waals surface area contributed by atoms with Gasteiger partial charge < -0.3 is 5.32 Å². The maximum Gasteiger partial charge on any atom is 0.276 e. The number of anilines is 1. The summed E-state index contributed by atoms with van der Waals surface area (Å²) in [6.07, 6.45) is 2.77. The minimum absolute atomic E-state index is 0.0535. The molecule has 0 unspecified atom stereocenters. The molecule has 1 aromatic heterocycles. The molecule has 0 bridgehead atoms. The summed E-state index contributed by atoms with van der Waals surface area (Å²) in [7, 11) is 0. The third-order valence-corrected chi connectivity index (χ3v) is 4.73. The van der Waals surface area contributed by atoms with Crippen molar-refractivity contribution in [2.75, 3.05) is 5.32 Å². The van der Waals surface area contributed by atoms with Crippen LogP contribution in [0.5, 0.6) is 0 Å². The molecule has 0 saturated carbocycles. The van der Waals surface area contributed by atoms with Gasteiger partial charge in [-0.25, -0.2) is 9.07 Å². The normalized spacial score (nSPS) is 10.9. The molecule has 5 nitrogen and oxygen atoms in total. The first-order valence-electron chi connectivity index (χ1n) is 8.77. The molecule has 0 fully saturated rings. The summed E-state index contributed by atoms with van der Waals surface area (Å²) in [6, 6.07) is 11.2. The number of nitrogens with zero attached hydrogens (tertiary/aromatic N) is 2. The molecule has 3 aromatic rings. The third-order valence-electron chi connectivity index (χ3n) is 4.24. The number of fused-ring (bicyclic) bond motifs is 1. The molecular formula is C20H19BrFN3O2. The number of hydrogen-bond acceptors (Lipinski definition) is 3. The molecule has 0 radical (unpaired) electrons. The molecule has 3 rings (SSSR count). The molecule has 0 aliphatic carbocycles. The zero-order chi connectivity index (χ0) is 19.4. The summed E-state index contributed by atoms with van der Waals surface area (Å²) in [5.74, 6) is -1.12. The fourth-order valence-electron chi connectivity index (χ4n) is 2.84. The van der Waals surface area contributed by atoms with Crippen molar-refractivity contribution in [3.05, 3.63) is 68.8 Å². The van der Waals surface area contributed by atoms with Gasteiger partial charge in [0, 0.05) is 16.4 Å². The van der Waals surface area contributed by atoms with Gasteiger partial charge in [0.15, 0.2) is 5.69 Å². The molecule has 27 heavy (non-hydrogen) atoms. The van der Waals surface area contributed by atoms with Gasteiger partial charge in [-0.1, -0.05) is 53.9 Å². The predicted molar refractivity (Wildman–Crippen MR) is 108 cm³/mol. The molecule has 0 atom stereocenters. The van der Waals surface area contributed by atoms with E-state index in [0.29, 0.717) is 21.8 Å². The molecule has 1 heterocycles. The van der Waals surface area contributed by atoms with E-state index in [2.05, 4.69) is 33.3 Å². The van der Waals surface area contributed by atoms with Crippen molar-refractivity contribution in [1.29, 1.82) is 0 Å².